The average molecular weight is 416 g/mol. The van der Waals surface area contributed by atoms with Gasteiger partial charge in [-0.1, -0.05) is 12.1 Å². The molecule has 2 heterocycles. The molecule has 0 aliphatic carbocycles. The molecule has 1 saturated heterocycles. The highest BCUT2D eigenvalue weighted by Gasteiger charge is 2.32. The lowest BCUT2D eigenvalue weighted by Gasteiger charge is -2.11. The van der Waals surface area contributed by atoms with Crippen LogP contribution < -0.4 is 9.47 Å². The van der Waals surface area contributed by atoms with Crippen LogP contribution >= 0.6 is 23.1 Å². The second-order valence-electron chi connectivity index (χ2n) is 5.82. The number of nitrogens with zero attached hydrogens (tertiary/aromatic N) is 3. The molecule has 0 radical (unpaired) electrons. The number of carbonyl (C=O) groups excluding carboxylic acids is 1. The Labute approximate surface area is 172 Å². The van der Waals surface area contributed by atoms with Gasteiger partial charge in [0.05, 0.1) is 24.3 Å². The molecular formula is C20H21N3O3S2. The van der Waals surface area contributed by atoms with E-state index in [2.05, 4.69) is 16.6 Å². The van der Waals surface area contributed by atoms with Crippen molar-refractivity contribution in [2.75, 3.05) is 20.3 Å². The van der Waals surface area contributed by atoms with Crippen LogP contribution in [0.1, 0.15) is 18.2 Å². The highest BCUT2D eigenvalue weighted by atomic mass is 32.2. The van der Waals surface area contributed by atoms with E-state index in [4.69, 9.17) is 9.47 Å². The van der Waals surface area contributed by atoms with Crippen LogP contribution in [-0.2, 0) is 4.79 Å². The molecule has 0 atom stereocenters. The number of hydrogen-bond donors (Lipinski definition) is 0. The van der Waals surface area contributed by atoms with Gasteiger partial charge in [0.2, 0.25) is 5.13 Å². The minimum Gasteiger partial charge on any atom is -0.493 e. The number of aryl methyl sites for hydroxylation is 1. The Kier molecular flexibility index (Phi) is 6.53. The topological polar surface area (TPSA) is 64.0 Å². The largest absolute Gasteiger partial charge is 0.493 e. The number of amides is 1. The molecule has 3 rings (SSSR count). The van der Waals surface area contributed by atoms with Crippen molar-refractivity contribution in [2.24, 2.45) is 4.99 Å². The fourth-order valence-corrected chi connectivity index (χ4v) is 4.27. The number of thioether (sulfide) groups is 1. The lowest BCUT2D eigenvalue weighted by molar-refractivity contribution is -0.121. The smallest absolute Gasteiger partial charge is 0.267 e. The Bertz CT molecular complexity index is 950. The molecular weight excluding hydrogens is 394 g/mol. The third kappa shape index (κ3) is 4.45. The van der Waals surface area contributed by atoms with E-state index in [1.54, 1.807) is 18.1 Å². The monoisotopic (exact) mass is 415 g/mol. The maximum atomic E-state index is 12.9. The number of hydrogen-bond acceptors (Lipinski definition) is 7. The van der Waals surface area contributed by atoms with Crippen LogP contribution in [0.2, 0.25) is 0 Å². The van der Waals surface area contributed by atoms with Crippen molar-refractivity contribution < 1.29 is 14.3 Å². The molecule has 1 aliphatic heterocycles. The van der Waals surface area contributed by atoms with Gasteiger partial charge in [-0.25, -0.2) is 4.98 Å². The molecule has 6 nitrogen and oxygen atoms in total. The predicted octanol–water partition coefficient (Wildman–Crippen LogP) is 4.65. The van der Waals surface area contributed by atoms with Crippen molar-refractivity contribution in [2.45, 2.75) is 13.8 Å². The summed E-state index contributed by atoms with van der Waals surface area (Å²) in [4.78, 5) is 24.0. The zero-order chi connectivity index (χ0) is 20.1. The third-order valence-electron chi connectivity index (χ3n) is 3.78. The van der Waals surface area contributed by atoms with Crippen molar-refractivity contribution >= 4 is 45.4 Å². The minimum atomic E-state index is -0.107. The third-order valence-corrected chi connectivity index (χ3v) is 5.64. The number of rotatable bonds is 7. The Balaban J connectivity index is 1.92. The van der Waals surface area contributed by atoms with Crippen LogP contribution in [0.15, 0.2) is 46.1 Å². The van der Waals surface area contributed by atoms with Gasteiger partial charge in [-0.3, -0.25) is 9.69 Å². The maximum absolute atomic E-state index is 12.9. The highest BCUT2D eigenvalue weighted by Crippen LogP contribution is 2.36. The SMILES string of the molecule is C=CCN1C(=O)/C(=C/c2ccc(OCC)c(OC)c2)S/C1=N/c1nc(C)cs1. The van der Waals surface area contributed by atoms with E-state index < -0.39 is 0 Å². The zero-order valence-corrected chi connectivity index (χ0v) is 17.6. The average Bonchev–Trinajstić information content (AvgIpc) is 3.21. The molecule has 0 bridgehead atoms. The van der Waals surface area contributed by atoms with E-state index in [1.165, 1.54) is 23.1 Å². The van der Waals surface area contributed by atoms with Crippen molar-refractivity contribution in [1.29, 1.82) is 0 Å². The first-order valence-electron chi connectivity index (χ1n) is 8.69. The van der Waals surface area contributed by atoms with Crippen LogP contribution in [0.5, 0.6) is 11.5 Å². The first-order chi connectivity index (χ1) is 13.5. The summed E-state index contributed by atoms with van der Waals surface area (Å²) in [6.07, 6.45) is 3.51. The second kappa shape index (κ2) is 9.07. The van der Waals surface area contributed by atoms with Gasteiger partial charge in [-0.15, -0.1) is 17.9 Å². The maximum Gasteiger partial charge on any atom is 0.267 e. The molecule has 28 heavy (non-hydrogen) atoms. The van der Waals surface area contributed by atoms with Gasteiger partial charge in [0.25, 0.3) is 5.91 Å². The molecule has 0 unspecified atom stereocenters. The van der Waals surface area contributed by atoms with Gasteiger partial charge in [0.1, 0.15) is 0 Å². The summed E-state index contributed by atoms with van der Waals surface area (Å²) in [5.74, 6) is 1.19. The Morgan fingerprint density at radius 1 is 1.36 bits per heavy atom. The Hall–Kier alpha value is -2.58. The van der Waals surface area contributed by atoms with Crippen LogP contribution in [0.25, 0.3) is 6.08 Å². The normalized spacial score (nSPS) is 16.8. The molecule has 1 amide bonds. The zero-order valence-electron chi connectivity index (χ0n) is 16.0. The second-order valence-corrected chi connectivity index (χ2v) is 7.67. The molecule has 2 aromatic rings. The highest BCUT2D eigenvalue weighted by molar-refractivity contribution is 8.18. The number of thiazole rings is 1. The van der Waals surface area contributed by atoms with Gasteiger partial charge in [-0.05, 0) is 49.4 Å². The van der Waals surface area contributed by atoms with E-state index in [0.29, 0.717) is 39.9 Å². The van der Waals surface area contributed by atoms with E-state index in [0.717, 1.165) is 11.3 Å². The number of amidine groups is 1. The number of carbonyl (C=O) groups is 1. The fourth-order valence-electron chi connectivity index (χ4n) is 2.56. The van der Waals surface area contributed by atoms with Crippen molar-refractivity contribution in [3.05, 3.63) is 52.4 Å². The number of aliphatic imine (C=N–C) groups is 1. The molecule has 0 spiro atoms. The molecule has 1 aromatic heterocycles. The summed E-state index contributed by atoms with van der Waals surface area (Å²) in [6.45, 7) is 8.52. The molecule has 0 N–H and O–H groups in total. The van der Waals surface area contributed by atoms with E-state index in [9.17, 15) is 4.79 Å². The summed E-state index contributed by atoms with van der Waals surface area (Å²) < 4.78 is 10.9. The Morgan fingerprint density at radius 2 is 2.18 bits per heavy atom. The standard InChI is InChI=1S/C20H21N3O3S2/c1-5-9-23-18(24)17(28-20(23)22-19-21-13(3)12-27-19)11-14-7-8-15(26-6-2)16(10-14)25-4/h5,7-8,10-12H,1,6,9H2,2-4H3/b17-11-,22-20+. The molecule has 0 saturated carbocycles. The van der Waals surface area contributed by atoms with Crippen LogP contribution in [0.3, 0.4) is 0 Å². The van der Waals surface area contributed by atoms with Crippen LogP contribution in [0.4, 0.5) is 5.13 Å². The van der Waals surface area contributed by atoms with Gasteiger partial charge >= 0.3 is 0 Å². The van der Waals surface area contributed by atoms with Gasteiger partial charge in [0, 0.05) is 11.9 Å². The van der Waals surface area contributed by atoms with E-state index >= 15 is 0 Å². The fraction of sp³-hybridized carbons (Fsp3) is 0.250. The molecule has 1 aromatic carbocycles. The van der Waals surface area contributed by atoms with E-state index in [-0.39, 0.29) is 5.91 Å². The summed E-state index contributed by atoms with van der Waals surface area (Å²) in [6, 6.07) is 5.59. The summed E-state index contributed by atoms with van der Waals surface area (Å²) in [7, 11) is 1.59. The number of aromatic nitrogens is 1. The van der Waals surface area contributed by atoms with Gasteiger partial charge < -0.3 is 9.47 Å². The first kappa shape index (κ1) is 20.2. The molecule has 8 heteroatoms. The van der Waals surface area contributed by atoms with E-state index in [1.807, 2.05) is 43.5 Å². The number of methoxy groups -OCH3 is 1. The summed E-state index contributed by atoms with van der Waals surface area (Å²) in [5.41, 5.74) is 1.76. The van der Waals surface area contributed by atoms with Crippen molar-refractivity contribution in [3.63, 3.8) is 0 Å². The van der Waals surface area contributed by atoms with Gasteiger partial charge in [-0.2, -0.15) is 4.99 Å². The molecule has 146 valence electrons. The number of benzene rings is 1. The van der Waals surface area contributed by atoms with Crippen LogP contribution in [0, 0.1) is 6.92 Å². The van der Waals surface area contributed by atoms with Crippen molar-refractivity contribution in [1.82, 2.24) is 9.88 Å². The summed E-state index contributed by atoms with van der Waals surface area (Å²) in [5, 5.41) is 3.16. The lowest BCUT2D eigenvalue weighted by Crippen LogP contribution is -2.29. The predicted molar refractivity (Wildman–Crippen MR) is 116 cm³/mol. The quantitative estimate of drug-likeness (QED) is 0.487. The lowest BCUT2D eigenvalue weighted by atomic mass is 10.2. The first-order valence-corrected chi connectivity index (χ1v) is 10.4. The minimum absolute atomic E-state index is 0.107. The van der Waals surface area contributed by atoms with Crippen molar-refractivity contribution in [3.8, 4) is 11.5 Å². The molecule has 1 aliphatic rings. The van der Waals surface area contributed by atoms with Crippen LogP contribution in [-0.4, -0.2) is 41.2 Å². The molecule has 1 fully saturated rings. The van der Waals surface area contributed by atoms with Gasteiger partial charge in [0.15, 0.2) is 16.7 Å². The number of ether oxygens (including phenoxy) is 2. The summed E-state index contributed by atoms with van der Waals surface area (Å²) >= 11 is 2.78. The Morgan fingerprint density at radius 3 is 2.82 bits per heavy atom.